The quantitative estimate of drug-likeness (QED) is 0.468. The molecule has 7 nitrogen and oxygen atoms in total. The minimum Gasteiger partial charge on any atom is -0.461 e. The van der Waals surface area contributed by atoms with Crippen molar-refractivity contribution in [3.05, 3.63) is 70.8 Å². The summed E-state index contributed by atoms with van der Waals surface area (Å²) in [6.45, 7) is 3.69. The molecule has 2 aromatic carbocycles. The van der Waals surface area contributed by atoms with Gasteiger partial charge in [0, 0.05) is 49.4 Å². The third-order valence-corrected chi connectivity index (χ3v) is 6.76. The lowest BCUT2D eigenvalue weighted by Crippen LogP contribution is -2.49. The molecular weight excluding hydrogens is 473 g/mol. The summed E-state index contributed by atoms with van der Waals surface area (Å²) >= 11 is 5.92. The summed E-state index contributed by atoms with van der Waals surface area (Å²) < 4.78 is 33.8. The van der Waals surface area contributed by atoms with Gasteiger partial charge in [-0.25, -0.2) is 4.79 Å². The van der Waals surface area contributed by atoms with Crippen LogP contribution in [-0.2, 0) is 19.6 Å². The molecule has 170 valence electrons. The third kappa shape index (κ3) is 5.69. The number of hydrogen-bond acceptors (Lipinski definition) is 6. The third-order valence-electron chi connectivity index (χ3n) is 5.20. The summed E-state index contributed by atoms with van der Waals surface area (Å²) in [5.74, 6) is 0.119. The monoisotopic (exact) mass is 495 g/mol. The van der Waals surface area contributed by atoms with Crippen LogP contribution in [0.15, 0.2) is 63.9 Å². The summed E-state index contributed by atoms with van der Waals surface area (Å²) in [5, 5.41) is 0.610. The van der Waals surface area contributed by atoms with Crippen LogP contribution in [-0.4, -0.2) is 69.4 Å². The molecule has 0 amide bonds. The van der Waals surface area contributed by atoms with Crippen LogP contribution in [0.1, 0.15) is 11.1 Å². The van der Waals surface area contributed by atoms with Crippen molar-refractivity contribution in [2.45, 2.75) is 4.90 Å². The Morgan fingerprint density at radius 3 is 2.59 bits per heavy atom. The van der Waals surface area contributed by atoms with Crippen molar-refractivity contribution < 1.29 is 17.9 Å². The zero-order chi connectivity index (χ0) is 21.8. The largest absolute Gasteiger partial charge is 0.461 e. The Morgan fingerprint density at radius 2 is 1.84 bits per heavy atom. The lowest BCUT2D eigenvalue weighted by atomic mass is 10.1. The zero-order valence-corrected chi connectivity index (χ0v) is 19.6. The molecule has 2 heterocycles. The standard InChI is InChI=1S/C22H22ClN3O4S.ClH/c23-18-5-3-4-17(16-18)8-9-21(27)30-15-14-25-10-12-26(13-11-25)22-19-6-1-2-7-20(19)31(28,29)24-22;/h1-9,16H,10-15H2;1H. The first-order valence-corrected chi connectivity index (χ1v) is 11.8. The van der Waals surface area contributed by atoms with Crippen molar-refractivity contribution >= 4 is 51.9 Å². The van der Waals surface area contributed by atoms with E-state index in [9.17, 15) is 13.2 Å². The maximum Gasteiger partial charge on any atom is 0.330 e. The number of carbonyl (C=O) groups is 1. The maximum atomic E-state index is 12.3. The van der Waals surface area contributed by atoms with Gasteiger partial charge in [0.1, 0.15) is 11.5 Å². The van der Waals surface area contributed by atoms with Crippen LogP contribution in [0.5, 0.6) is 0 Å². The molecule has 0 spiro atoms. The van der Waals surface area contributed by atoms with Crippen molar-refractivity contribution in [2.24, 2.45) is 4.40 Å². The molecule has 0 radical (unpaired) electrons. The second kappa shape index (κ2) is 10.5. The minimum absolute atomic E-state index is 0. The van der Waals surface area contributed by atoms with Gasteiger partial charge in [0.05, 0.1) is 0 Å². The lowest BCUT2D eigenvalue weighted by Gasteiger charge is -2.35. The molecule has 4 rings (SSSR count). The zero-order valence-electron chi connectivity index (χ0n) is 17.2. The highest BCUT2D eigenvalue weighted by atomic mass is 35.5. The summed E-state index contributed by atoms with van der Waals surface area (Å²) in [7, 11) is -3.61. The van der Waals surface area contributed by atoms with Crippen molar-refractivity contribution in [3.63, 3.8) is 0 Å². The first kappa shape index (κ1) is 24.3. The molecule has 0 bridgehead atoms. The van der Waals surface area contributed by atoms with Gasteiger partial charge in [-0.2, -0.15) is 8.42 Å². The first-order chi connectivity index (χ1) is 14.9. The van der Waals surface area contributed by atoms with E-state index in [0.29, 0.717) is 36.1 Å². The van der Waals surface area contributed by atoms with Crippen LogP contribution in [0, 0.1) is 0 Å². The molecule has 2 aliphatic rings. The molecule has 1 saturated heterocycles. The Bertz CT molecular complexity index is 1140. The molecule has 32 heavy (non-hydrogen) atoms. The number of ether oxygens (including phenoxy) is 1. The Labute approximate surface area is 198 Å². The SMILES string of the molecule is Cl.O=C(C=Cc1cccc(Cl)c1)OCCN1CCN(C2=NS(=O)(=O)c3ccccc32)CC1. The van der Waals surface area contributed by atoms with Crippen molar-refractivity contribution in [2.75, 3.05) is 39.3 Å². The summed E-state index contributed by atoms with van der Waals surface area (Å²) in [6.07, 6.45) is 3.06. The highest BCUT2D eigenvalue weighted by molar-refractivity contribution is 7.90. The van der Waals surface area contributed by atoms with Gasteiger partial charge in [-0.3, -0.25) is 4.90 Å². The number of benzene rings is 2. The summed E-state index contributed by atoms with van der Waals surface area (Å²) in [5.41, 5.74) is 1.50. The number of esters is 1. The number of fused-ring (bicyclic) bond motifs is 1. The number of nitrogens with zero attached hydrogens (tertiary/aromatic N) is 3. The van der Waals surface area contributed by atoms with E-state index in [4.69, 9.17) is 16.3 Å². The highest BCUT2D eigenvalue weighted by Crippen LogP contribution is 2.27. The van der Waals surface area contributed by atoms with E-state index in [-0.39, 0.29) is 23.9 Å². The molecule has 0 unspecified atom stereocenters. The first-order valence-electron chi connectivity index (χ1n) is 9.94. The Morgan fingerprint density at radius 1 is 1.09 bits per heavy atom. The van der Waals surface area contributed by atoms with Crippen LogP contribution in [0.3, 0.4) is 0 Å². The van der Waals surface area contributed by atoms with Gasteiger partial charge in [-0.15, -0.1) is 16.8 Å². The van der Waals surface area contributed by atoms with Crippen LogP contribution in [0.25, 0.3) is 6.08 Å². The predicted octanol–water partition coefficient (Wildman–Crippen LogP) is 3.08. The fourth-order valence-corrected chi connectivity index (χ4v) is 5.02. The highest BCUT2D eigenvalue weighted by Gasteiger charge is 2.32. The fraction of sp³-hybridized carbons (Fsp3) is 0.273. The fourth-order valence-electron chi connectivity index (χ4n) is 3.60. The predicted molar refractivity (Wildman–Crippen MR) is 127 cm³/mol. The van der Waals surface area contributed by atoms with Crippen LogP contribution in [0.2, 0.25) is 5.02 Å². The second-order valence-corrected chi connectivity index (χ2v) is 9.28. The molecule has 1 fully saturated rings. The number of carbonyl (C=O) groups excluding carboxylic acids is 1. The molecule has 0 aliphatic carbocycles. The number of amidine groups is 1. The minimum atomic E-state index is -3.61. The summed E-state index contributed by atoms with van der Waals surface area (Å²) in [4.78, 5) is 16.4. The average Bonchev–Trinajstić information content (AvgIpc) is 3.04. The Kier molecular flexibility index (Phi) is 7.95. The molecular formula is C22H23Cl2N3O4S. The Balaban J connectivity index is 0.00000289. The van der Waals surface area contributed by atoms with Crippen LogP contribution >= 0.6 is 24.0 Å². The number of halogens is 2. The van der Waals surface area contributed by atoms with Gasteiger partial charge >= 0.3 is 5.97 Å². The second-order valence-electron chi connectivity index (χ2n) is 7.27. The number of piperazine rings is 1. The van der Waals surface area contributed by atoms with Crippen molar-refractivity contribution in [3.8, 4) is 0 Å². The molecule has 0 atom stereocenters. The van der Waals surface area contributed by atoms with E-state index in [2.05, 4.69) is 9.30 Å². The van der Waals surface area contributed by atoms with E-state index in [0.717, 1.165) is 18.7 Å². The molecule has 0 aromatic heterocycles. The van der Waals surface area contributed by atoms with E-state index in [1.54, 1.807) is 36.4 Å². The van der Waals surface area contributed by atoms with Gasteiger partial charge in [0.25, 0.3) is 10.0 Å². The number of rotatable bonds is 5. The Hall–Kier alpha value is -2.39. The van der Waals surface area contributed by atoms with Gasteiger partial charge in [0.15, 0.2) is 5.84 Å². The van der Waals surface area contributed by atoms with E-state index >= 15 is 0 Å². The molecule has 2 aliphatic heterocycles. The molecule has 0 N–H and O–H groups in total. The summed E-state index contributed by atoms with van der Waals surface area (Å²) in [6, 6.07) is 14.1. The van der Waals surface area contributed by atoms with Gasteiger partial charge in [0.2, 0.25) is 0 Å². The molecule has 2 aromatic rings. The topological polar surface area (TPSA) is 79.3 Å². The smallest absolute Gasteiger partial charge is 0.330 e. The maximum absolute atomic E-state index is 12.3. The van der Waals surface area contributed by atoms with E-state index in [1.165, 1.54) is 6.08 Å². The van der Waals surface area contributed by atoms with Crippen LogP contribution < -0.4 is 0 Å². The van der Waals surface area contributed by atoms with E-state index < -0.39 is 16.0 Å². The molecule has 0 saturated carbocycles. The number of sulfonamides is 1. The van der Waals surface area contributed by atoms with Gasteiger partial charge in [-0.1, -0.05) is 35.9 Å². The van der Waals surface area contributed by atoms with Gasteiger partial charge < -0.3 is 9.64 Å². The molecule has 10 heteroatoms. The van der Waals surface area contributed by atoms with Gasteiger partial charge in [-0.05, 0) is 35.9 Å². The number of hydrogen-bond donors (Lipinski definition) is 0. The van der Waals surface area contributed by atoms with Crippen molar-refractivity contribution in [1.82, 2.24) is 9.80 Å². The lowest BCUT2D eigenvalue weighted by molar-refractivity contribution is -0.138. The van der Waals surface area contributed by atoms with Crippen LogP contribution in [0.4, 0.5) is 0 Å². The van der Waals surface area contributed by atoms with E-state index in [1.807, 2.05) is 23.1 Å². The van der Waals surface area contributed by atoms with Crippen molar-refractivity contribution in [1.29, 1.82) is 0 Å². The normalized spacial score (nSPS) is 17.5. The average molecular weight is 496 g/mol.